The summed E-state index contributed by atoms with van der Waals surface area (Å²) < 4.78 is 10.7. The molecule has 0 saturated carbocycles. The average molecular weight is 286 g/mol. The van der Waals surface area contributed by atoms with Crippen LogP contribution in [0.25, 0.3) is 0 Å². The second-order valence-electron chi connectivity index (χ2n) is 4.34. The molecule has 1 N–H and O–H groups in total. The highest BCUT2D eigenvalue weighted by molar-refractivity contribution is 5.94. The van der Waals surface area contributed by atoms with E-state index in [4.69, 9.17) is 9.47 Å². The van der Waals surface area contributed by atoms with Crippen LogP contribution in [0.15, 0.2) is 42.7 Å². The maximum absolute atomic E-state index is 12.1. The van der Waals surface area contributed by atoms with E-state index < -0.39 is 0 Å². The highest BCUT2D eigenvalue weighted by atomic mass is 16.5. The van der Waals surface area contributed by atoms with Crippen molar-refractivity contribution in [2.45, 2.75) is 13.5 Å². The average Bonchev–Trinajstić information content (AvgIpc) is 2.54. The van der Waals surface area contributed by atoms with E-state index in [2.05, 4.69) is 10.3 Å². The van der Waals surface area contributed by atoms with E-state index in [1.165, 1.54) is 0 Å². The third-order valence-corrected chi connectivity index (χ3v) is 2.90. The zero-order valence-electron chi connectivity index (χ0n) is 12.1. The Labute approximate surface area is 123 Å². The first-order chi connectivity index (χ1) is 10.2. The molecule has 0 fully saturated rings. The molecule has 5 nitrogen and oxygen atoms in total. The lowest BCUT2D eigenvalue weighted by Gasteiger charge is -2.11. The van der Waals surface area contributed by atoms with E-state index in [0.717, 1.165) is 5.56 Å². The number of carbonyl (C=O) groups is 1. The van der Waals surface area contributed by atoms with Gasteiger partial charge in [-0.1, -0.05) is 6.07 Å². The molecule has 1 aromatic heterocycles. The van der Waals surface area contributed by atoms with Gasteiger partial charge < -0.3 is 14.8 Å². The molecule has 1 heterocycles. The van der Waals surface area contributed by atoms with Crippen LogP contribution in [0, 0.1) is 0 Å². The van der Waals surface area contributed by atoms with Crippen LogP contribution in [0.4, 0.5) is 0 Å². The third-order valence-electron chi connectivity index (χ3n) is 2.90. The van der Waals surface area contributed by atoms with Gasteiger partial charge in [0.1, 0.15) is 0 Å². The second kappa shape index (κ2) is 7.28. The largest absolute Gasteiger partial charge is 0.493 e. The monoisotopic (exact) mass is 286 g/mol. The van der Waals surface area contributed by atoms with E-state index in [0.29, 0.717) is 30.2 Å². The smallest absolute Gasteiger partial charge is 0.251 e. The normalized spacial score (nSPS) is 10.0. The summed E-state index contributed by atoms with van der Waals surface area (Å²) in [7, 11) is 1.57. The number of hydrogen-bond acceptors (Lipinski definition) is 4. The predicted molar refractivity (Wildman–Crippen MR) is 79.6 cm³/mol. The van der Waals surface area contributed by atoms with Crippen molar-refractivity contribution in [2.75, 3.05) is 13.7 Å². The van der Waals surface area contributed by atoms with Crippen molar-refractivity contribution in [2.24, 2.45) is 0 Å². The van der Waals surface area contributed by atoms with E-state index in [1.807, 2.05) is 19.1 Å². The number of methoxy groups -OCH3 is 1. The van der Waals surface area contributed by atoms with Crippen LogP contribution in [0.2, 0.25) is 0 Å². The fraction of sp³-hybridized carbons (Fsp3) is 0.250. The number of aromatic nitrogens is 1. The third kappa shape index (κ3) is 3.95. The molecule has 0 aliphatic heterocycles. The van der Waals surface area contributed by atoms with Gasteiger partial charge in [-0.15, -0.1) is 0 Å². The number of carbonyl (C=O) groups excluding carboxylic acids is 1. The SMILES string of the molecule is CCOc1cc(C(=O)NCc2cccnc2)ccc1OC. The number of pyridine rings is 1. The number of rotatable bonds is 6. The molecule has 21 heavy (non-hydrogen) atoms. The summed E-state index contributed by atoms with van der Waals surface area (Å²) in [6.07, 6.45) is 3.42. The van der Waals surface area contributed by atoms with E-state index in [1.54, 1.807) is 37.7 Å². The Morgan fingerprint density at radius 2 is 2.14 bits per heavy atom. The minimum absolute atomic E-state index is 0.164. The number of nitrogens with one attached hydrogen (secondary N) is 1. The lowest BCUT2D eigenvalue weighted by atomic mass is 10.2. The molecule has 0 spiro atoms. The second-order valence-corrected chi connectivity index (χ2v) is 4.34. The topological polar surface area (TPSA) is 60.5 Å². The molecule has 2 rings (SSSR count). The molecule has 0 aliphatic carbocycles. The number of hydrogen-bond donors (Lipinski definition) is 1. The molecule has 110 valence electrons. The Morgan fingerprint density at radius 3 is 2.81 bits per heavy atom. The zero-order valence-corrected chi connectivity index (χ0v) is 12.1. The van der Waals surface area contributed by atoms with Gasteiger partial charge in [0.2, 0.25) is 0 Å². The highest BCUT2D eigenvalue weighted by Crippen LogP contribution is 2.27. The van der Waals surface area contributed by atoms with Crippen molar-refractivity contribution in [3.8, 4) is 11.5 Å². The molecular weight excluding hydrogens is 268 g/mol. The lowest BCUT2D eigenvalue weighted by Crippen LogP contribution is -2.22. The molecule has 0 aliphatic rings. The molecule has 2 aromatic rings. The summed E-state index contributed by atoms with van der Waals surface area (Å²) >= 11 is 0. The Morgan fingerprint density at radius 1 is 1.29 bits per heavy atom. The van der Waals surface area contributed by atoms with Gasteiger partial charge in [-0.2, -0.15) is 0 Å². The molecule has 0 saturated heterocycles. The minimum atomic E-state index is -0.164. The molecule has 0 radical (unpaired) electrons. The Kier molecular flexibility index (Phi) is 5.15. The fourth-order valence-corrected chi connectivity index (χ4v) is 1.87. The van der Waals surface area contributed by atoms with Crippen molar-refractivity contribution < 1.29 is 14.3 Å². The molecule has 0 bridgehead atoms. The van der Waals surface area contributed by atoms with Crippen molar-refractivity contribution in [3.05, 3.63) is 53.9 Å². The van der Waals surface area contributed by atoms with Crippen molar-refractivity contribution in [3.63, 3.8) is 0 Å². The van der Waals surface area contributed by atoms with Crippen LogP contribution in [0.3, 0.4) is 0 Å². The van der Waals surface area contributed by atoms with Crippen LogP contribution in [-0.4, -0.2) is 24.6 Å². The number of amides is 1. The van der Waals surface area contributed by atoms with Crippen LogP contribution in [-0.2, 0) is 6.54 Å². The van der Waals surface area contributed by atoms with Gasteiger partial charge in [0.15, 0.2) is 11.5 Å². The summed E-state index contributed by atoms with van der Waals surface area (Å²) in [5, 5.41) is 2.85. The van der Waals surface area contributed by atoms with E-state index in [9.17, 15) is 4.79 Å². The number of nitrogens with zero attached hydrogens (tertiary/aromatic N) is 1. The van der Waals surface area contributed by atoms with Crippen LogP contribution < -0.4 is 14.8 Å². The van der Waals surface area contributed by atoms with Crippen molar-refractivity contribution >= 4 is 5.91 Å². The molecule has 0 unspecified atom stereocenters. The summed E-state index contributed by atoms with van der Waals surface area (Å²) in [6.45, 7) is 2.83. The first-order valence-electron chi connectivity index (χ1n) is 6.72. The van der Waals surface area contributed by atoms with Gasteiger partial charge >= 0.3 is 0 Å². The van der Waals surface area contributed by atoms with Gasteiger partial charge in [-0.3, -0.25) is 9.78 Å². The van der Waals surface area contributed by atoms with Crippen molar-refractivity contribution in [1.82, 2.24) is 10.3 Å². The number of benzene rings is 1. The molecule has 1 aromatic carbocycles. The van der Waals surface area contributed by atoms with Gasteiger partial charge in [-0.05, 0) is 36.8 Å². The molecule has 0 atom stereocenters. The fourth-order valence-electron chi connectivity index (χ4n) is 1.87. The molecular formula is C16H18N2O3. The lowest BCUT2D eigenvalue weighted by molar-refractivity contribution is 0.0950. The maximum atomic E-state index is 12.1. The van der Waals surface area contributed by atoms with Crippen LogP contribution >= 0.6 is 0 Å². The molecule has 5 heteroatoms. The summed E-state index contributed by atoms with van der Waals surface area (Å²) in [4.78, 5) is 16.2. The number of ether oxygens (including phenoxy) is 2. The first kappa shape index (κ1) is 14.8. The van der Waals surface area contributed by atoms with Crippen LogP contribution in [0.1, 0.15) is 22.8 Å². The zero-order chi connectivity index (χ0) is 15.1. The maximum Gasteiger partial charge on any atom is 0.251 e. The van der Waals surface area contributed by atoms with E-state index in [-0.39, 0.29) is 5.91 Å². The summed E-state index contributed by atoms with van der Waals surface area (Å²) in [5.41, 5.74) is 1.48. The van der Waals surface area contributed by atoms with Crippen molar-refractivity contribution in [1.29, 1.82) is 0 Å². The highest BCUT2D eigenvalue weighted by Gasteiger charge is 2.10. The first-order valence-corrected chi connectivity index (χ1v) is 6.72. The Balaban J connectivity index is 2.06. The quantitative estimate of drug-likeness (QED) is 0.886. The van der Waals surface area contributed by atoms with E-state index >= 15 is 0 Å². The standard InChI is InChI=1S/C16H18N2O3/c1-3-21-15-9-13(6-7-14(15)20-2)16(19)18-11-12-5-4-8-17-10-12/h4-10H,3,11H2,1-2H3,(H,18,19). The Hall–Kier alpha value is -2.56. The van der Waals surface area contributed by atoms with Gasteiger partial charge in [0.05, 0.1) is 13.7 Å². The summed E-state index contributed by atoms with van der Waals surface area (Å²) in [6, 6.07) is 8.86. The molecule has 1 amide bonds. The summed E-state index contributed by atoms with van der Waals surface area (Å²) in [5.74, 6) is 1.01. The predicted octanol–water partition coefficient (Wildman–Crippen LogP) is 2.42. The minimum Gasteiger partial charge on any atom is -0.493 e. The van der Waals surface area contributed by atoms with Gasteiger partial charge in [0.25, 0.3) is 5.91 Å². The van der Waals surface area contributed by atoms with Gasteiger partial charge in [0, 0.05) is 24.5 Å². The van der Waals surface area contributed by atoms with Crippen LogP contribution in [0.5, 0.6) is 11.5 Å². The Bertz CT molecular complexity index is 600. The van der Waals surface area contributed by atoms with Gasteiger partial charge in [-0.25, -0.2) is 0 Å².